The minimum atomic E-state index is -4.45. The lowest BCUT2D eigenvalue weighted by molar-refractivity contribution is -0.141. The molecule has 116 valence electrons. The summed E-state index contributed by atoms with van der Waals surface area (Å²) < 4.78 is 43.9. The van der Waals surface area contributed by atoms with Crippen LogP contribution >= 0.6 is 0 Å². The van der Waals surface area contributed by atoms with Crippen LogP contribution in [0.1, 0.15) is 5.69 Å². The van der Waals surface area contributed by atoms with Crippen molar-refractivity contribution in [2.24, 2.45) is 5.92 Å². The highest BCUT2D eigenvalue weighted by Crippen LogP contribution is 2.30. The molecule has 1 aromatic heterocycles. The van der Waals surface area contributed by atoms with Crippen LogP contribution in [0.25, 0.3) is 0 Å². The zero-order chi connectivity index (χ0) is 15.0. The van der Waals surface area contributed by atoms with Crippen LogP contribution in [-0.2, 0) is 10.9 Å². The molecule has 2 atom stereocenters. The van der Waals surface area contributed by atoms with Crippen molar-refractivity contribution in [2.45, 2.75) is 12.2 Å². The minimum absolute atomic E-state index is 0.168. The van der Waals surface area contributed by atoms with E-state index >= 15 is 0 Å². The van der Waals surface area contributed by atoms with Crippen molar-refractivity contribution in [2.75, 3.05) is 44.8 Å². The van der Waals surface area contributed by atoms with Crippen LogP contribution in [-0.4, -0.2) is 60.8 Å². The molecule has 0 spiro atoms. The quantitative estimate of drug-likeness (QED) is 0.781. The second-order valence-electron chi connectivity index (χ2n) is 5.66. The van der Waals surface area contributed by atoms with E-state index in [9.17, 15) is 13.2 Å². The lowest BCUT2D eigenvalue weighted by atomic mass is 10.1. The van der Waals surface area contributed by atoms with E-state index in [-0.39, 0.29) is 12.0 Å². The molecule has 2 bridgehead atoms. The van der Waals surface area contributed by atoms with Gasteiger partial charge < -0.3 is 9.64 Å². The Balaban J connectivity index is 1.87. The van der Waals surface area contributed by atoms with Gasteiger partial charge in [0, 0.05) is 31.6 Å². The number of fused-ring (bicyclic) bond motifs is 3. The van der Waals surface area contributed by atoms with E-state index in [0.29, 0.717) is 32.1 Å². The Morgan fingerprint density at radius 3 is 2.76 bits per heavy atom. The zero-order valence-corrected chi connectivity index (χ0v) is 11.7. The number of nitrogens with zero attached hydrogens (tertiary/aromatic N) is 4. The van der Waals surface area contributed by atoms with Crippen LogP contribution in [0.5, 0.6) is 0 Å². The number of likely N-dealkylation sites (N-methyl/N-ethyl adjacent to an activating group) is 1. The molecular formula is C13H17F3N4O. The fourth-order valence-electron chi connectivity index (χ4n) is 2.91. The van der Waals surface area contributed by atoms with Crippen molar-refractivity contribution >= 4 is 5.82 Å². The molecule has 8 heteroatoms. The summed E-state index contributed by atoms with van der Waals surface area (Å²) in [6, 6.07) is 1.20. The van der Waals surface area contributed by atoms with Crippen LogP contribution in [0.4, 0.5) is 19.0 Å². The van der Waals surface area contributed by atoms with E-state index in [2.05, 4.69) is 14.9 Å². The summed E-state index contributed by atoms with van der Waals surface area (Å²) in [5.74, 6) is 0.608. The van der Waals surface area contributed by atoms with Crippen molar-refractivity contribution < 1.29 is 17.9 Å². The van der Waals surface area contributed by atoms with Gasteiger partial charge in [-0.15, -0.1) is 0 Å². The minimum Gasteiger partial charge on any atom is -0.379 e. The summed E-state index contributed by atoms with van der Waals surface area (Å²) in [5.41, 5.74) is -0.897. The molecule has 3 rings (SSSR count). The first kappa shape index (κ1) is 14.5. The summed E-state index contributed by atoms with van der Waals surface area (Å²) >= 11 is 0. The van der Waals surface area contributed by atoms with Crippen molar-refractivity contribution in [1.29, 1.82) is 0 Å². The fourth-order valence-corrected chi connectivity index (χ4v) is 2.91. The van der Waals surface area contributed by atoms with Gasteiger partial charge in [-0.2, -0.15) is 13.2 Å². The summed E-state index contributed by atoms with van der Waals surface area (Å²) in [5, 5.41) is 0. The average molecular weight is 302 g/mol. The molecule has 0 saturated carbocycles. The second-order valence-corrected chi connectivity index (χ2v) is 5.66. The zero-order valence-electron chi connectivity index (χ0n) is 11.7. The summed E-state index contributed by atoms with van der Waals surface area (Å²) in [7, 11) is 2.02. The molecule has 0 aromatic carbocycles. The maximum absolute atomic E-state index is 12.8. The molecule has 0 radical (unpaired) electrons. The lowest BCUT2D eigenvalue weighted by Crippen LogP contribution is -2.42. The normalized spacial score (nSPS) is 27.5. The van der Waals surface area contributed by atoms with E-state index in [1.165, 1.54) is 0 Å². The van der Waals surface area contributed by atoms with Crippen LogP contribution in [0, 0.1) is 5.92 Å². The third-order valence-electron chi connectivity index (χ3n) is 4.01. The monoisotopic (exact) mass is 302 g/mol. The molecule has 1 aromatic rings. The largest absolute Gasteiger partial charge is 0.433 e. The Labute approximate surface area is 120 Å². The Bertz CT molecular complexity index is 510. The first-order valence-corrected chi connectivity index (χ1v) is 6.85. The highest BCUT2D eigenvalue weighted by Gasteiger charge is 2.35. The van der Waals surface area contributed by atoms with Gasteiger partial charge >= 0.3 is 6.18 Å². The van der Waals surface area contributed by atoms with Gasteiger partial charge in [0.15, 0.2) is 0 Å². The number of rotatable bonds is 1. The topological polar surface area (TPSA) is 41.5 Å². The third kappa shape index (κ3) is 3.11. The van der Waals surface area contributed by atoms with Crippen molar-refractivity contribution in [3.8, 4) is 0 Å². The number of hydrogen-bond donors (Lipinski definition) is 0. The van der Waals surface area contributed by atoms with Gasteiger partial charge in [0.05, 0.1) is 19.3 Å². The first-order chi connectivity index (χ1) is 9.93. The Hall–Kier alpha value is -1.41. The SMILES string of the molecule is CN1C[C@H]2COC[C@@H]1CN(c1cc(C(F)(F)F)ncn1)C2. The van der Waals surface area contributed by atoms with Crippen LogP contribution in [0.15, 0.2) is 12.4 Å². The van der Waals surface area contributed by atoms with E-state index in [1.54, 1.807) is 0 Å². The predicted molar refractivity (Wildman–Crippen MR) is 70.0 cm³/mol. The van der Waals surface area contributed by atoms with Crippen LogP contribution in [0.2, 0.25) is 0 Å². The summed E-state index contributed by atoms with van der Waals surface area (Å²) in [6.07, 6.45) is -3.46. The molecule has 2 saturated heterocycles. The van der Waals surface area contributed by atoms with Gasteiger partial charge in [-0.25, -0.2) is 9.97 Å². The number of ether oxygens (including phenoxy) is 1. The standard InChI is InChI=1S/C13H17F3N4O/c1-19-3-9-4-20(5-10(19)7-21-6-9)12-2-11(13(14,15)16)17-8-18-12/h2,8-10H,3-7H2,1H3/t9-,10+/m1/s1. The Morgan fingerprint density at radius 1 is 1.19 bits per heavy atom. The van der Waals surface area contributed by atoms with E-state index in [1.807, 2.05) is 11.9 Å². The molecule has 2 aliphatic rings. The molecule has 21 heavy (non-hydrogen) atoms. The first-order valence-electron chi connectivity index (χ1n) is 6.85. The Morgan fingerprint density at radius 2 is 2.00 bits per heavy atom. The van der Waals surface area contributed by atoms with Crippen molar-refractivity contribution in [3.05, 3.63) is 18.1 Å². The molecule has 3 heterocycles. The van der Waals surface area contributed by atoms with Crippen LogP contribution < -0.4 is 4.90 Å². The molecule has 5 nitrogen and oxygen atoms in total. The second kappa shape index (κ2) is 5.42. The molecule has 0 aliphatic carbocycles. The smallest absolute Gasteiger partial charge is 0.379 e. The van der Waals surface area contributed by atoms with E-state index < -0.39 is 11.9 Å². The number of anilines is 1. The summed E-state index contributed by atoms with van der Waals surface area (Å²) in [6.45, 7) is 3.38. The van der Waals surface area contributed by atoms with Gasteiger partial charge in [-0.1, -0.05) is 0 Å². The van der Waals surface area contributed by atoms with Gasteiger partial charge in [0.25, 0.3) is 0 Å². The predicted octanol–water partition coefficient (Wildman–Crippen LogP) is 1.26. The number of alkyl halides is 3. The highest BCUT2D eigenvalue weighted by molar-refractivity contribution is 5.40. The highest BCUT2D eigenvalue weighted by atomic mass is 19.4. The maximum Gasteiger partial charge on any atom is 0.433 e. The van der Waals surface area contributed by atoms with Gasteiger partial charge in [-0.3, -0.25) is 4.90 Å². The lowest BCUT2D eigenvalue weighted by Gasteiger charge is -2.30. The Kier molecular flexibility index (Phi) is 3.75. The number of aromatic nitrogens is 2. The molecule has 2 fully saturated rings. The molecule has 0 N–H and O–H groups in total. The van der Waals surface area contributed by atoms with Crippen molar-refractivity contribution in [3.63, 3.8) is 0 Å². The number of halogens is 3. The molecule has 2 aliphatic heterocycles. The van der Waals surface area contributed by atoms with Crippen LogP contribution in [0.3, 0.4) is 0 Å². The van der Waals surface area contributed by atoms with E-state index in [0.717, 1.165) is 18.9 Å². The summed E-state index contributed by atoms with van der Waals surface area (Å²) in [4.78, 5) is 11.5. The van der Waals surface area contributed by atoms with Crippen molar-refractivity contribution in [1.82, 2.24) is 14.9 Å². The molecular weight excluding hydrogens is 285 g/mol. The average Bonchev–Trinajstić information content (AvgIpc) is 2.66. The third-order valence-corrected chi connectivity index (χ3v) is 4.01. The molecule has 0 amide bonds. The van der Waals surface area contributed by atoms with Gasteiger partial charge in [-0.05, 0) is 7.05 Å². The van der Waals surface area contributed by atoms with Gasteiger partial charge in [0.2, 0.25) is 0 Å². The van der Waals surface area contributed by atoms with Gasteiger partial charge in [0.1, 0.15) is 17.8 Å². The fraction of sp³-hybridized carbons (Fsp3) is 0.692. The van der Waals surface area contributed by atoms with E-state index in [4.69, 9.17) is 4.74 Å². The number of hydrogen-bond acceptors (Lipinski definition) is 5. The molecule has 0 unspecified atom stereocenters. The maximum atomic E-state index is 12.8.